The number of hydrogen-bond acceptors (Lipinski definition) is 7. The molecule has 0 aromatic heterocycles. The van der Waals surface area contributed by atoms with E-state index in [9.17, 15) is 24.9 Å². The zero-order valence-corrected chi connectivity index (χ0v) is 18.2. The highest BCUT2D eigenvalue weighted by atomic mass is 16.6. The molecule has 3 fully saturated rings. The lowest BCUT2D eigenvalue weighted by Gasteiger charge is -2.71. The van der Waals surface area contributed by atoms with Gasteiger partial charge in [0, 0.05) is 24.7 Å². The molecule has 8 atom stereocenters. The summed E-state index contributed by atoms with van der Waals surface area (Å²) in [6.07, 6.45) is -1.29. The van der Waals surface area contributed by atoms with Gasteiger partial charge in [-0.3, -0.25) is 9.59 Å². The van der Waals surface area contributed by atoms with Crippen molar-refractivity contribution < 1.29 is 34.4 Å². The number of ketones is 1. The molecule has 1 saturated heterocycles. The van der Waals surface area contributed by atoms with Gasteiger partial charge in [-0.25, -0.2) is 0 Å². The van der Waals surface area contributed by atoms with E-state index in [4.69, 9.17) is 9.47 Å². The van der Waals surface area contributed by atoms with Gasteiger partial charge in [0.05, 0.1) is 17.8 Å². The van der Waals surface area contributed by atoms with Gasteiger partial charge in [0.2, 0.25) is 0 Å². The molecule has 0 aromatic rings. The second-order valence-corrected chi connectivity index (χ2v) is 10.4. The van der Waals surface area contributed by atoms with Gasteiger partial charge in [-0.05, 0) is 32.1 Å². The Balaban J connectivity index is 2.33. The van der Waals surface area contributed by atoms with Gasteiger partial charge >= 0.3 is 5.97 Å². The SMILES string of the molecule is C=C[C@]1(C)CC(=O)[C@@]2(O)[C@@]3(C)C(O)CCC(C)(C)C3C(O)C(OC(C)=O)[C@@]2(C)O1. The van der Waals surface area contributed by atoms with E-state index in [-0.39, 0.29) is 6.42 Å². The maximum absolute atomic E-state index is 13.6. The first-order valence-corrected chi connectivity index (χ1v) is 10.2. The largest absolute Gasteiger partial charge is 0.457 e. The van der Waals surface area contributed by atoms with Crippen molar-refractivity contribution >= 4 is 11.8 Å². The van der Waals surface area contributed by atoms with Crippen molar-refractivity contribution in [2.75, 3.05) is 0 Å². The molecule has 1 aliphatic heterocycles. The molecular formula is C22H34O7. The van der Waals surface area contributed by atoms with E-state index in [1.807, 2.05) is 13.8 Å². The molecule has 3 rings (SSSR count). The van der Waals surface area contributed by atoms with Gasteiger partial charge < -0.3 is 24.8 Å². The van der Waals surface area contributed by atoms with Crippen LogP contribution < -0.4 is 0 Å². The van der Waals surface area contributed by atoms with E-state index in [1.54, 1.807) is 13.8 Å². The van der Waals surface area contributed by atoms with Crippen molar-refractivity contribution in [3.63, 3.8) is 0 Å². The first kappa shape index (κ1) is 22.4. The number of carbonyl (C=O) groups excluding carboxylic acids is 2. The predicted molar refractivity (Wildman–Crippen MR) is 105 cm³/mol. The summed E-state index contributed by atoms with van der Waals surface area (Å²) in [6, 6.07) is 0. The molecule has 7 nitrogen and oxygen atoms in total. The zero-order valence-electron chi connectivity index (χ0n) is 18.2. The zero-order chi connectivity index (χ0) is 22.2. The number of carbonyl (C=O) groups is 2. The van der Waals surface area contributed by atoms with Crippen LogP contribution in [-0.2, 0) is 19.1 Å². The van der Waals surface area contributed by atoms with Crippen LogP contribution in [0.15, 0.2) is 12.7 Å². The summed E-state index contributed by atoms with van der Waals surface area (Å²) in [6.45, 7) is 13.6. The summed E-state index contributed by atoms with van der Waals surface area (Å²) in [4.78, 5) is 25.5. The van der Waals surface area contributed by atoms with Crippen LogP contribution in [0.2, 0.25) is 0 Å². The Kier molecular flexibility index (Phi) is 4.91. The van der Waals surface area contributed by atoms with E-state index < -0.39 is 63.6 Å². The minimum Gasteiger partial charge on any atom is -0.457 e. The fourth-order valence-corrected chi connectivity index (χ4v) is 6.66. The highest BCUT2D eigenvalue weighted by Gasteiger charge is 2.81. The average molecular weight is 411 g/mol. The van der Waals surface area contributed by atoms with Crippen LogP contribution in [-0.4, -0.2) is 62.2 Å². The smallest absolute Gasteiger partial charge is 0.303 e. The second kappa shape index (κ2) is 6.36. The molecule has 29 heavy (non-hydrogen) atoms. The molecule has 0 bridgehead atoms. The Bertz CT molecular complexity index is 747. The Morgan fingerprint density at radius 3 is 2.34 bits per heavy atom. The summed E-state index contributed by atoms with van der Waals surface area (Å²) >= 11 is 0. The first-order valence-electron chi connectivity index (χ1n) is 10.2. The standard InChI is InChI=1S/C22H34O7/c1-8-19(5)11-14(25)22(27)20(6)13(24)9-10-18(3,4)16(20)15(26)17(28-12(2)23)21(22,7)29-19/h8,13,15-17,24,26-27H,1,9-11H2,2-7H3/t13?,15?,16?,17?,19-,20+,21-,22-/m1/s1. The number of aliphatic hydroxyl groups is 3. The fraction of sp³-hybridized carbons (Fsp3) is 0.818. The van der Waals surface area contributed by atoms with E-state index in [1.165, 1.54) is 19.9 Å². The fourth-order valence-electron chi connectivity index (χ4n) is 6.66. The number of esters is 1. The van der Waals surface area contributed by atoms with E-state index in [0.717, 1.165) is 0 Å². The summed E-state index contributed by atoms with van der Waals surface area (Å²) in [5.41, 5.74) is -7.00. The van der Waals surface area contributed by atoms with Gasteiger partial charge in [0.25, 0.3) is 0 Å². The van der Waals surface area contributed by atoms with Gasteiger partial charge in [0.15, 0.2) is 17.5 Å². The number of Topliss-reactive ketones (excluding diaryl/α,β-unsaturated/α-hetero) is 1. The third kappa shape index (κ3) is 2.63. The molecule has 2 saturated carbocycles. The lowest BCUT2D eigenvalue weighted by Crippen LogP contribution is -2.86. The van der Waals surface area contributed by atoms with Crippen LogP contribution in [0, 0.1) is 16.7 Å². The molecule has 164 valence electrons. The summed E-state index contributed by atoms with van der Waals surface area (Å²) in [5.74, 6) is -1.87. The second-order valence-electron chi connectivity index (χ2n) is 10.4. The van der Waals surface area contributed by atoms with Crippen LogP contribution in [0.1, 0.15) is 60.8 Å². The molecule has 1 heterocycles. The van der Waals surface area contributed by atoms with Crippen molar-refractivity contribution in [2.24, 2.45) is 16.7 Å². The maximum Gasteiger partial charge on any atom is 0.303 e. The predicted octanol–water partition coefficient (Wildman–Crippen LogP) is 1.52. The van der Waals surface area contributed by atoms with Crippen molar-refractivity contribution in [2.45, 2.75) is 95.9 Å². The molecule has 3 aliphatic rings. The van der Waals surface area contributed by atoms with Crippen molar-refractivity contribution in [1.82, 2.24) is 0 Å². The normalized spacial score (nSPS) is 51.6. The minimum absolute atomic E-state index is 0.138. The van der Waals surface area contributed by atoms with E-state index in [0.29, 0.717) is 12.8 Å². The molecule has 2 aliphatic carbocycles. The molecule has 0 spiro atoms. The van der Waals surface area contributed by atoms with Gasteiger partial charge in [0.1, 0.15) is 5.60 Å². The lowest BCUT2D eigenvalue weighted by molar-refractivity contribution is -0.370. The summed E-state index contributed by atoms with van der Waals surface area (Å²) < 4.78 is 11.8. The Morgan fingerprint density at radius 1 is 1.24 bits per heavy atom. The Morgan fingerprint density at radius 2 is 1.83 bits per heavy atom. The molecule has 0 radical (unpaired) electrons. The minimum atomic E-state index is -2.18. The topological polar surface area (TPSA) is 113 Å². The van der Waals surface area contributed by atoms with Crippen molar-refractivity contribution in [3.8, 4) is 0 Å². The molecular weight excluding hydrogens is 376 g/mol. The van der Waals surface area contributed by atoms with E-state index in [2.05, 4.69) is 6.58 Å². The Labute approximate surface area is 172 Å². The molecule has 4 unspecified atom stereocenters. The van der Waals surface area contributed by atoms with Crippen molar-refractivity contribution in [1.29, 1.82) is 0 Å². The number of ether oxygens (including phenoxy) is 2. The third-order valence-corrected chi connectivity index (χ3v) is 8.02. The average Bonchev–Trinajstić information content (AvgIpc) is 2.59. The third-order valence-electron chi connectivity index (χ3n) is 8.02. The Hall–Kier alpha value is -1.28. The van der Waals surface area contributed by atoms with Gasteiger partial charge in [-0.1, -0.05) is 26.8 Å². The van der Waals surface area contributed by atoms with Crippen LogP contribution in [0.25, 0.3) is 0 Å². The van der Waals surface area contributed by atoms with Crippen LogP contribution in [0.3, 0.4) is 0 Å². The van der Waals surface area contributed by atoms with Gasteiger partial charge in [-0.15, -0.1) is 6.58 Å². The molecule has 0 aromatic carbocycles. The highest BCUT2D eigenvalue weighted by molar-refractivity contribution is 5.92. The summed E-state index contributed by atoms with van der Waals surface area (Å²) in [7, 11) is 0. The highest BCUT2D eigenvalue weighted by Crippen LogP contribution is 2.66. The molecule has 7 heteroatoms. The molecule has 3 N–H and O–H groups in total. The maximum atomic E-state index is 13.6. The first-order chi connectivity index (χ1) is 13.1. The van der Waals surface area contributed by atoms with Crippen molar-refractivity contribution in [3.05, 3.63) is 12.7 Å². The van der Waals surface area contributed by atoms with Crippen LogP contribution >= 0.6 is 0 Å². The number of rotatable bonds is 2. The quantitative estimate of drug-likeness (QED) is 0.467. The monoisotopic (exact) mass is 410 g/mol. The number of aliphatic hydroxyl groups excluding tert-OH is 2. The number of fused-ring (bicyclic) bond motifs is 3. The number of hydrogen-bond donors (Lipinski definition) is 3. The molecule has 0 amide bonds. The van der Waals surface area contributed by atoms with E-state index >= 15 is 0 Å². The van der Waals surface area contributed by atoms with Crippen LogP contribution in [0.5, 0.6) is 0 Å². The van der Waals surface area contributed by atoms with Crippen LogP contribution in [0.4, 0.5) is 0 Å². The summed E-state index contributed by atoms with van der Waals surface area (Å²) in [5, 5.41) is 34.7. The van der Waals surface area contributed by atoms with Gasteiger partial charge in [-0.2, -0.15) is 0 Å². The lowest BCUT2D eigenvalue weighted by atomic mass is 9.40.